The van der Waals surface area contributed by atoms with Gasteiger partial charge >= 0.3 is 5.97 Å². The molecule has 0 unspecified atom stereocenters. The Morgan fingerprint density at radius 1 is 1.24 bits per heavy atom. The number of anilines is 1. The molecule has 0 aliphatic rings. The molecule has 1 heterocycles. The number of aromatic amines is 1. The Morgan fingerprint density at radius 3 is 2.43 bits per heavy atom. The number of carbonyl (C=O) groups excluding carboxylic acids is 1. The molecule has 1 amide bonds. The van der Waals surface area contributed by atoms with Crippen molar-refractivity contribution in [3.8, 4) is 0 Å². The summed E-state index contributed by atoms with van der Waals surface area (Å²) in [7, 11) is 0. The van der Waals surface area contributed by atoms with Crippen molar-refractivity contribution in [1.29, 1.82) is 0 Å². The van der Waals surface area contributed by atoms with Gasteiger partial charge in [-0.05, 0) is 31.5 Å². The highest BCUT2D eigenvalue weighted by atomic mass is 19.1. The zero-order valence-corrected chi connectivity index (χ0v) is 11.3. The van der Waals surface area contributed by atoms with Crippen LogP contribution in [-0.2, 0) is 0 Å². The zero-order chi connectivity index (χ0) is 15.7. The lowest BCUT2D eigenvalue weighted by Gasteiger charge is -2.07. The third-order valence-corrected chi connectivity index (χ3v) is 3.06. The van der Waals surface area contributed by atoms with E-state index in [1.54, 1.807) is 0 Å². The summed E-state index contributed by atoms with van der Waals surface area (Å²) in [4.78, 5) is 25.7. The molecule has 0 spiro atoms. The van der Waals surface area contributed by atoms with Gasteiger partial charge < -0.3 is 15.4 Å². The monoisotopic (exact) mass is 294 g/mol. The fourth-order valence-electron chi connectivity index (χ4n) is 2.08. The SMILES string of the molecule is Cc1[nH]c(C(=O)O)c(C)c1C(=O)Nc1ccc(F)cc1F. The van der Waals surface area contributed by atoms with Gasteiger partial charge in [0, 0.05) is 11.8 Å². The summed E-state index contributed by atoms with van der Waals surface area (Å²) in [5.41, 5.74) is 0.441. The minimum absolute atomic E-state index is 0.0998. The van der Waals surface area contributed by atoms with Gasteiger partial charge in [-0.1, -0.05) is 0 Å². The molecular weight excluding hydrogens is 282 g/mol. The van der Waals surface area contributed by atoms with Crippen LogP contribution in [0.25, 0.3) is 0 Å². The molecule has 2 aromatic rings. The molecule has 0 aliphatic heterocycles. The Labute approximate surface area is 118 Å². The average Bonchev–Trinajstić information content (AvgIpc) is 2.68. The van der Waals surface area contributed by atoms with E-state index in [-0.39, 0.29) is 22.5 Å². The number of aromatic nitrogens is 1. The lowest BCUT2D eigenvalue weighted by Crippen LogP contribution is -2.15. The summed E-state index contributed by atoms with van der Waals surface area (Å²) in [5, 5.41) is 11.3. The second-order valence-electron chi connectivity index (χ2n) is 4.51. The lowest BCUT2D eigenvalue weighted by atomic mass is 10.1. The summed E-state index contributed by atoms with van der Waals surface area (Å²) in [6, 6.07) is 2.76. The van der Waals surface area contributed by atoms with E-state index in [2.05, 4.69) is 10.3 Å². The Morgan fingerprint density at radius 2 is 1.90 bits per heavy atom. The van der Waals surface area contributed by atoms with Crippen LogP contribution in [0.2, 0.25) is 0 Å². The fraction of sp³-hybridized carbons (Fsp3) is 0.143. The van der Waals surface area contributed by atoms with Gasteiger partial charge in [0.05, 0.1) is 11.3 Å². The number of benzene rings is 1. The van der Waals surface area contributed by atoms with Crippen molar-refractivity contribution in [2.45, 2.75) is 13.8 Å². The van der Waals surface area contributed by atoms with Crippen molar-refractivity contribution in [2.75, 3.05) is 5.32 Å². The number of H-pyrrole nitrogens is 1. The van der Waals surface area contributed by atoms with Gasteiger partial charge in [0.1, 0.15) is 17.3 Å². The number of halogens is 2. The van der Waals surface area contributed by atoms with E-state index in [1.165, 1.54) is 13.8 Å². The first-order valence-corrected chi connectivity index (χ1v) is 6.00. The second kappa shape index (κ2) is 5.35. The number of amides is 1. The van der Waals surface area contributed by atoms with E-state index in [1.807, 2.05) is 0 Å². The molecule has 0 saturated carbocycles. The van der Waals surface area contributed by atoms with E-state index in [4.69, 9.17) is 5.11 Å². The van der Waals surface area contributed by atoms with Crippen LogP contribution in [0.3, 0.4) is 0 Å². The quantitative estimate of drug-likeness (QED) is 0.814. The van der Waals surface area contributed by atoms with Crippen molar-refractivity contribution in [1.82, 2.24) is 4.98 Å². The number of carboxylic acid groups (broad SMARTS) is 1. The topological polar surface area (TPSA) is 82.2 Å². The van der Waals surface area contributed by atoms with E-state index < -0.39 is 23.5 Å². The molecule has 21 heavy (non-hydrogen) atoms. The van der Waals surface area contributed by atoms with Gasteiger partial charge in [-0.25, -0.2) is 13.6 Å². The van der Waals surface area contributed by atoms with Gasteiger partial charge in [-0.15, -0.1) is 0 Å². The third-order valence-electron chi connectivity index (χ3n) is 3.06. The predicted molar refractivity (Wildman–Crippen MR) is 71.5 cm³/mol. The number of hydrogen-bond acceptors (Lipinski definition) is 2. The molecule has 0 atom stereocenters. The molecule has 5 nitrogen and oxygen atoms in total. The van der Waals surface area contributed by atoms with E-state index >= 15 is 0 Å². The summed E-state index contributed by atoms with van der Waals surface area (Å²) in [5.74, 6) is -3.53. The number of carbonyl (C=O) groups is 2. The molecule has 0 radical (unpaired) electrons. The molecule has 0 bridgehead atoms. The maximum atomic E-state index is 13.5. The molecule has 3 N–H and O–H groups in total. The van der Waals surface area contributed by atoms with Crippen LogP contribution in [0.5, 0.6) is 0 Å². The molecule has 7 heteroatoms. The van der Waals surface area contributed by atoms with Crippen molar-refractivity contribution in [3.05, 3.63) is 52.3 Å². The molecule has 110 valence electrons. The molecule has 0 saturated heterocycles. The van der Waals surface area contributed by atoms with Gasteiger partial charge in [-0.2, -0.15) is 0 Å². The lowest BCUT2D eigenvalue weighted by molar-refractivity contribution is 0.0690. The van der Waals surface area contributed by atoms with Crippen LogP contribution in [0.4, 0.5) is 14.5 Å². The van der Waals surface area contributed by atoms with Crippen LogP contribution in [0.15, 0.2) is 18.2 Å². The highest BCUT2D eigenvalue weighted by Crippen LogP contribution is 2.21. The van der Waals surface area contributed by atoms with Gasteiger partial charge in [0.15, 0.2) is 0 Å². The third kappa shape index (κ3) is 2.76. The largest absolute Gasteiger partial charge is 0.477 e. The van der Waals surface area contributed by atoms with Crippen molar-refractivity contribution in [2.24, 2.45) is 0 Å². The average molecular weight is 294 g/mol. The van der Waals surface area contributed by atoms with E-state index in [0.717, 1.165) is 12.1 Å². The van der Waals surface area contributed by atoms with E-state index in [0.29, 0.717) is 11.8 Å². The zero-order valence-electron chi connectivity index (χ0n) is 11.3. The normalized spacial score (nSPS) is 10.5. The fourth-order valence-corrected chi connectivity index (χ4v) is 2.08. The number of carboxylic acids is 1. The van der Waals surface area contributed by atoms with Gasteiger partial charge in [-0.3, -0.25) is 4.79 Å². The van der Waals surface area contributed by atoms with Crippen molar-refractivity contribution < 1.29 is 23.5 Å². The smallest absolute Gasteiger partial charge is 0.352 e. The van der Waals surface area contributed by atoms with Crippen LogP contribution in [0, 0.1) is 25.5 Å². The Hall–Kier alpha value is -2.70. The summed E-state index contributed by atoms with van der Waals surface area (Å²) in [6.45, 7) is 3.01. The number of rotatable bonds is 3. The number of aromatic carboxylic acids is 1. The summed E-state index contributed by atoms with van der Waals surface area (Å²) >= 11 is 0. The molecule has 0 fully saturated rings. The summed E-state index contributed by atoms with van der Waals surface area (Å²) < 4.78 is 26.3. The standard InChI is InChI=1S/C14H12F2N2O3/c1-6-11(7(2)17-12(6)14(20)21)13(19)18-10-4-3-8(15)5-9(10)16/h3-5,17H,1-2H3,(H,18,19)(H,20,21). The first-order valence-electron chi connectivity index (χ1n) is 6.00. The maximum absolute atomic E-state index is 13.5. The van der Waals surface area contributed by atoms with Crippen LogP contribution >= 0.6 is 0 Å². The van der Waals surface area contributed by atoms with Crippen molar-refractivity contribution in [3.63, 3.8) is 0 Å². The van der Waals surface area contributed by atoms with Crippen molar-refractivity contribution >= 4 is 17.6 Å². The highest BCUT2D eigenvalue weighted by Gasteiger charge is 2.22. The Bertz CT molecular complexity index is 738. The molecule has 0 aliphatic carbocycles. The molecule has 2 rings (SSSR count). The maximum Gasteiger partial charge on any atom is 0.352 e. The van der Waals surface area contributed by atoms with Crippen LogP contribution in [-0.4, -0.2) is 22.0 Å². The first kappa shape index (κ1) is 14.7. The van der Waals surface area contributed by atoms with Gasteiger partial charge in [0.25, 0.3) is 5.91 Å². The van der Waals surface area contributed by atoms with Gasteiger partial charge in [0.2, 0.25) is 0 Å². The Kier molecular flexibility index (Phi) is 3.75. The van der Waals surface area contributed by atoms with Crippen LogP contribution in [0.1, 0.15) is 32.1 Å². The minimum Gasteiger partial charge on any atom is -0.477 e. The highest BCUT2D eigenvalue weighted by molar-refractivity contribution is 6.08. The number of nitrogens with one attached hydrogen (secondary N) is 2. The predicted octanol–water partition coefficient (Wildman–Crippen LogP) is 2.86. The summed E-state index contributed by atoms with van der Waals surface area (Å²) in [6.07, 6.45) is 0. The van der Waals surface area contributed by atoms with E-state index in [9.17, 15) is 18.4 Å². The first-order chi connectivity index (χ1) is 9.81. The number of hydrogen-bond donors (Lipinski definition) is 3. The minimum atomic E-state index is -1.19. The molecule has 1 aromatic carbocycles. The second-order valence-corrected chi connectivity index (χ2v) is 4.51. The number of aryl methyl sites for hydroxylation is 1. The molecular formula is C14H12F2N2O3. The molecule has 1 aromatic heterocycles. The van der Waals surface area contributed by atoms with Crippen LogP contribution < -0.4 is 5.32 Å². The Balaban J connectivity index is 2.35.